The van der Waals surface area contributed by atoms with Crippen LogP contribution in [0.2, 0.25) is 0 Å². The van der Waals surface area contributed by atoms with Crippen molar-refractivity contribution in [2.24, 2.45) is 0 Å². The third-order valence-electron chi connectivity index (χ3n) is 4.47. The summed E-state index contributed by atoms with van der Waals surface area (Å²) in [7, 11) is 2.09. The second-order valence-electron chi connectivity index (χ2n) is 5.82. The number of aryl methyl sites for hydroxylation is 1. The molecule has 1 saturated heterocycles. The molecule has 0 radical (unpaired) electrons. The van der Waals surface area contributed by atoms with E-state index in [1.165, 1.54) is 12.8 Å². The summed E-state index contributed by atoms with van der Waals surface area (Å²) in [5, 5.41) is 0. The predicted octanol–water partition coefficient (Wildman–Crippen LogP) is 2.59. The van der Waals surface area contributed by atoms with Gasteiger partial charge < -0.3 is 4.90 Å². The van der Waals surface area contributed by atoms with Gasteiger partial charge in [-0.05, 0) is 52.0 Å². The van der Waals surface area contributed by atoms with E-state index in [-0.39, 0.29) is 5.78 Å². The van der Waals surface area contributed by atoms with E-state index in [4.69, 9.17) is 0 Å². The zero-order valence-corrected chi connectivity index (χ0v) is 12.9. The molecular weight excluding hydrogens is 248 g/mol. The third kappa shape index (κ3) is 3.68. The van der Waals surface area contributed by atoms with Crippen molar-refractivity contribution < 1.29 is 4.79 Å². The Morgan fingerprint density at radius 3 is 2.55 bits per heavy atom. The van der Waals surface area contributed by atoms with Gasteiger partial charge in [-0.1, -0.05) is 31.2 Å². The van der Waals surface area contributed by atoms with E-state index in [0.717, 1.165) is 30.8 Å². The molecule has 0 aliphatic carbocycles. The Morgan fingerprint density at radius 2 is 1.95 bits per heavy atom. The molecule has 20 heavy (non-hydrogen) atoms. The number of hydrogen-bond acceptors (Lipinski definition) is 3. The minimum atomic E-state index is 0.239. The number of nitrogens with zero attached hydrogens (tertiary/aromatic N) is 2. The molecule has 0 atom stereocenters. The van der Waals surface area contributed by atoms with Gasteiger partial charge in [0.1, 0.15) is 0 Å². The quantitative estimate of drug-likeness (QED) is 0.771. The maximum atomic E-state index is 12.4. The van der Waals surface area contributed by atoms with Crippen LogP contribution >= 0.6 is 0 Å². The van der Waals surface area contributed by atoms with Crippen molar-refractivity contribution in [3.05, 3.63) is 35.4 Å². The second-order valence-corrected chi connectivity index (χ2v) is 5.82. The summed E-state index contributed by atoms with van der Waals surface area (Å²) in [6.45, 7) is 8.20. The lowest BCUT2D eigenvalue weighted by atomic mass is 10.0. The van der Waals surface area contributed by atoms with Gasteiger partial charge in [-0.3, -0.25) is 9.69 Å². The Bertz CT molecular complexity index is 450. The Hall–Kier alpha value is -1.19. The van der Waals surface area contributed by atoms with Gasteiger partial charge in [0, 0.05) is 11.6 Å². The molecule has 110 valence electrons. The van der Waals surface area contributed by atoms with Crippen LogP contribution in [0.5, 0.6) is 0 Å². The van der Waals surface area contributed by atoms with Gasteiger partial charge in [0.15, 0.2) is 5.78 Å². The van der Waals surface area contributed by atoms with E-state index in [0.29, 0.717) is 12.6 Å². The van der Waals surface area contributed by atoms with Crippen molar-refractivity contribution in [3.8, 4) is 0 Å². The number of likely N-dealkylation sites (tertiary alicyclic amines) is 1. The molecule has 0 saturated carbocycles. The summed E-state index contributed by atoms with van der Waals surface area (Å²) >= 11 is 0. The highest BCUT2D eigenvalue weighted by molar-refractivity contribution is 5.98. The predicted molar refractivity (Wildman–Crippen MR) is 83.3 cm³/mol. The standard InChI is InChI=1S/C17H26N2O/c1-4-19-11-9-15(10-12-19)18(3)13-17(20)16-8-6-5-7-14(16)2/h5-8,15H,4,9-13H2,1-3H3. The van der Waals surface area contributed by atoms with Crippen molar-refractivity contribution in [1.82, 2.24) is 9.80 Å². The van der Waals surface area contributed by atoms with E-state index < -0.39 is 0 Å². The Balaban J connectivity index is 1.90. The number of likely N-dealkylation sites (N-methyl/N-ethyl adjacent to an activating group) is 1. The number of ketones is 1. The zero-order valence-electron chi connectivity index (χ0n) is 12.9. The number of carbonyl (C=O) groups excluding carboxylic acids is 1. The Kier molecular flexibility index (Phi) is 5.32. The lowest BCUT2D eigenvalue weighted by molar-refractivity contribution is 0.0858. The molecule has 3 nitrogen and oxygen atoms in total. The molecule has 0 spiro atoms. The largest absolute Gasteiger partial charge is 0.303 e. The van der Waals surface area contributed by atoms with E-state index in [9.17, 15) is 4.79 Å². The molecule has 1 heterocycles. The summed E-state index contributed by atoms with van der Waals surface area (Å²) < 4.78 is 0. The van der Waals surface area contributed by atoms with Gasteiger partial charge in [-0.25, -0.2) is 0 Å². The average Bonchev–Trinajstić information content (AvgIpc) is 2.47. The summed E-state index contributed by atoms with van der Waals surface area (Å²) in [6.07, 6.45) is 2.34. The highest BCUT2D eigenvalue weighted by atomic mass is 16.1. The van der Waals surface area contributed by atoms with Crippen molar-refractivity contribution in [2.45, 2.75) is 32.7 Å². The second kappa shape index (κ2) is 7.00. The summed E-state index contributed by atoms with van der Waals surface area (Å²) in [4.78, 5) is 17.1. The van der Waals surface area contributed by atoms with Crippen LogP contribution in [0.25, 0.3) is 0 Å². The number of hydrogen-bond donors (Lipinski definition) is 0. The topological polar surface area (TPSA) is 23.6 Å². The van der Waals surface area contributed by atoms with E-state index in [1.807, 2.05) is 31.2 Å². The Morgan fingerprint density at radius 1 is 1.30 bits per heavy atom. The van der Waals surface area contributed by atoms with Crippen LogP contribution in [0.3, 0.4) is 0 Å². The minimum Gasteiger partial charge on any atom is -0.303 e. The van der Waals surface area contributed by atoms with E-state index in [1.54, 1.807) is 0 Å². The maximum absolute atomic E-state index is 12.4. The number of piperidine rings is 1. The number of carbonyl (C=O) groups is 1. The molecule has 3 heteroatoms. The van der Waals surface area contributed by atoms with E-state index in [2.05, 4.69) is 23.8 Å². The lowest BCUT2D eigenvalue weighted by Crippen LogP contribution is -2.44. The van der Waals surface area contributed by atoms with Gasteiger partial charge in [0.05, 0.1) is 6.54 Å². The van der Waals surface area contributed by atoms with Crippen LogP contribution in [-0.4, -0.2) is 54.9 Å². The first-order chi connectivity index (χ1) is 9.61. The summed E-state index contributed by atoms with van der Waals surface area (Å²) in [5.41, 5.74) is 1.94. The fourth-order valence-electron chi connectivity index (χ4n) is 3.00. The molecule has 0 bridgehead atoms. The van der Waals surface area contributed by atoms with Crippen LogP contribution in [0, 0.1) is 6.92 Å². The van der Waals surface area contributed by atoms with Crippen molar-refractivity contribution in [3.63, 3.8) is 0 Å². The molecule has 1 aliphatic rings. The van der Waals surface area contributed by atoms with Crippen LogP contribution in [-0.2, 0) is 0 Å². The fraction of sp³-hybridized carbons (Fsp3) is 0.588. The first-order valence-electron chi connectivity index (χ1n) is 7.63. The van der Waals surface area contributed by atoms with Gasteiger partial charge in [0.2, 0.25) is 0 Å². The van der Waals surface area contributed by atoms with Crippen LogP contribution in [0.1, 0.15) is 35.7 Å². The summed E-state index contributed by atoms with van der Waals surface area (Å²) in [6, 6.07) is 8.42. The van der Waals surface area contributed by atoms with Crippen LogP contribution in [0.15, 0.2) is 24.3 Å². The van der Waals surface area contributed by atoms with Crippen LogP contribution < -0.4 is 0 Å². The molecule has 0 unspecified atom stereocenters. The monoisotopic (exact) mass is 274 g/mol. The molecule has 2 rings (SSSR count). The summed E-state index contributed by atoms with van der Waals surface area (Å²) in [5.74, 6) is 0.239. The first-order valence-corrected chi connectivity index (χ1v) is 7.63. The van der Waals surface area contributed by atoms with Gasteiger partial charge >= 0.3 is 0 Å². The smallest absolute Gasteiger partial charge is 0.177 e. The fourth-order valence-corrected chi connectivity index (χ4v) is 3.00. The normalized spacial score (nSPS) is 17.6. The van der Waals surface area contributed by atoms with Gasteiger partial charge in [0.25, 0.3) is 0 Å². The number of benzene rings is 1. The van der Waals surface area contributed by atoms with Crippen molar-refractivity contribution in [2.75, 3.05) is 33.2 Å². The maximum Gasteiger partial charge on any atom is 0.177 e. The lowest BCUT2D eigenvalue weighted by Gasteiger charge is -2.36. The molecule has 1 fully saturated rings. The van der Waals surface area contributed by atoms with Crippen molar-refractivity contribution in [1.29, 1.82) is 0 Å². The van der Waals surface area contributed by atoms with Crippen LogP contribution in [0.4, 0.5) is 0 Å². The molecule has 1 aliphatic heterocycles. The molecule has 1 aromatic rings. The van der Waals surface area contributed by atoms with E-state index >= 15 is 0 Å². The first kappa shape index (κ1) is 15.2. The molecule has 0 aromatic heterocycles. The zero-order chi connectivity index (χ0) is 14.5. The average molecular weight is 274 g/mol. The highest BCUT2D eigenvalue weighted by Gasteiger charge is 2.23. The van der Waals surface area contributed by atoms with Gasteiger partial charge in [-0.15, -0.1) is 0 Å². The minimum absolute atomic E-state index is 0.239. The molecular formula is C17H26N2O. The third-order valence-corrected chi connectivity index (χ3v) is 4.47. The molecule has 0 amide bonds. The van der Waals surface area contributed by atoms with Crippen molar-refractivity contribution >= 4 is 5.78 Å². The number of rotatable bonds is 5. The Labute approximate surface area is 122 Å². The number of Topliss-reactive ketones (excluding diaryl/α,β-unsaturated/α-hetero) is 1. The van der Waals surface area contributed by atoms with Gasteiger partial charge in [-0.2, -0.15) is 0 Å². The molecule has 0 N–H and O–H groups in total. The SMILES string of the molecule is CCN1CCC(N(C)CC(=O)c2ccccc2C)CC1. The molecule has 1 aromatic carbocycles. The highest BCUT2D eigenvalue weighted by Crippen LogP contribution is 2.16.